The van der Waals surface area contributed by atoms with Crippen LogP contribution < -0.4 is 0 Å². The van der Waals surface area contributed by atoms with E-state index in [0.717, 1.165) is 12.0 Å². The molecule has 0 unspecified atom stereocenters. The Labute approximate surface area is 103 Å². The molecule has 1 aliphatic rings. The van der Waals surface area contributed by atoms with Gasteiger partial charge in [-0.05, 0) is 47.9 Å². The molecule has 2 heteroatoms. The van der Waals surface area contributed by atoms with Crippen molar-refractivity contribution in [2.24, 2.45) is 5.92 Å². The van der Waals surface area contributed by atoms with Crippen molar-refractivity contribution in [3.8, 4) is 5.75 Å². The molecule has 0 spiro atoms. The summed E-state index contributed by atoms with van der Waals surface area (Å²) in [7, 11) is 0. The highest BCUT2D eigenvalue weighted by Gasteiger charge is 2.34. The van der Waals surface area contributed by atoms with Gasteiger partial charge in [0.05, 0.1) is 6.10 Å². The molecule has 0 heterocycles. The summed E-state index contributed by atoms with van der Waals surface area (Å²) in [6.45, 7) is 8.33. The molecule has 0 aromatic heterocycles. The third-order valence-electron chi connectivity index (χ3n) is 4.02. The highest BCUT2D eigenvalue weighted by molar-refractivity contribution is 5.46. The maximum Gasteiger partial charge on any atom is 0.118 e. The van der Waals surface area contributed by atoms with Gasteiger partial charge in [0.25, 0.3) is 0 Å². The average Bonchev–Trinajstić information content (AvgIpc) is 2.20. The Hall–Kier alpha value is -1.02. The Balaban J connectivity index is 2.57. The van der Waals surface area contributed by atoms with Crippen molar-refractivity contribution in [3.05, 3.63) is 28.8 Å². The van der Waals surface area contributed by atoms with Crippen LogP contribution in [0.15, 0.2) is 12.1 Å². The SMILES string of the molecule is Cc1cc2c(cc1O)[C@H](C)C[C@@H](O)[C@H]2C(C)C. The molecule has 1 aliphatic carbocycles. The third-order valence-corrected chi connectivity index (χ3v) is 4.02. The molecular formula is C15H22O2. The number of fused-ring (bicyclic) bond motifs is 1. The minimum Gasteiger partial charge on any atom is -0.508 e. The molecule has 0 fully saturated rings. The van der Waals surface area contributed by atoms with Gasteiger partial charge < -0.3 is 10.2 Å². The van der Waals surface area contributed by atoms with Gasteiger partial charge in [0.2, 0.25) is 0 Å². The molecule has 0 radical (unpaired) electrons. The summed E-state index contributed by atoms with van der Waals surface area (Å²) in [4.78, 5) is 0. The van der Waals surface area contributed by atoms with Crippen LogP contribution in [0.5, 0.6) is 5.75 Å². The molecule has 0 bridgehead atoms. The lowest BCUT2D eigenvalue weighted by Gasteiger charge is -2.36. The molecule has 0 amide bonds. The smallest absolute Gasteiger partial charge is 0.118 e. The average molecular weight is 234 g/mol. The number of aryl methyl sites for hydroxylation is 1. The second kappa shape index (κ2) is 4.34. The van der Waals surface area contributed by atoms with E-state index in [1.165, 1.54) is 11.1 Å². The van der Waals surface area contributed by atoms with E-state index in [1.54, 1.807) is 0 Å². The fraction of sp³-hybridized carbons (Fsp3) is 0.600. The number of rotatable bonds is 1. The summed E-state index contributed by atoms with van der Waals surface area (Å²) in [5.41, 5.74) is 3.33. The highest BCUT2D eigenvalue weighted by atomic mass is 16.3. The van der Waals surface area contributed by atoms with Crippen LogP contribution in [-0.4, -0.2) is 16.3 Å². The van der Waals surface area contributed by atoms with Crippen molar-refractivity contribution in [2.75, 3.05) is 0 Å². The van der Waals surface area contributed by atoms with Crippen molar-refractivity contribution in [1.82, 2.24) is 0 Å². The monoisotopic (exact) mass is 234 g/mol. The highest BCUT2D eigenvalue weighted by Crippen LogP contribution is 2.44. The summed E-state index contributed by atoms with van der Waals surface area (Å²) in [5.74, 6) is 1.30. The van der Waals surface area contributed by atoms with Crippen LogP contribution in [-0.2, 0) is 0 Å². The maximum absolute atomic E-state index is 10.3. The summed E-state index contributed by atoms with van der Waals surface area (Å²) < 4.78 is 0. The number of hydrogen-bond donors (Lipinski definition) is 2. The zero-order valence-electron chi connectivity index (χ0n) is 11.1. The summed E-state index contributed by atoms with van der Waals surface area (Å²) >= 11 is 0. The first-order chi connectivity index (χ1) is 7.91. The van der Waals surface area contributed by atoms with E-state index < -0.39 is 0 Å². The van der Waals surface area contributed by atoms with Crippen molar-refractivity contribution >= 4 is 0 Å². The van der Waals surface area contributed by atoms with Gasteiger partial charge in [-0.3, -0.25) is 0 Å². The van der Waals surface area contributed by atoms with Gasteiger partial charge in [-0.15, -0.1) is 0 Å². The van der Waals surface area contributed by atoms with Gasteiger partial charge in [0.1, 0.15) is 5.75 Å². The van der Waals surface area contributed by atoms with E-state index in [-0.39, 0.29) is 12.0 Å². The van der Waals surface area contributed by atoms with Gasteiger partial charge in [-0.25, -0.2) is 0 Å². The zero-order valence-corrected chi connectivity index (χ0v) is 11.1. The molecule has 2 nitrogen and oxygen atoms in total. The van der Waals surface area contributed by atoms with Gasteiger partial charge >= 0.3 is 0 Å². The first-order valence-corrected chi connectivity index (χ1v) is 6.43. The number of phenols is 1. The second-order valence-electron chi connectivity index (χ2n) is 5.74. The van der Waals surface area contributed by atoms with Gasteiger partial charge in [0.15, 0.2) is 0 Å². The zero-order chi connectivity index (χ0) is 12.7. The van der Waals surface area contributed by atoms with Crippen molar-refractivity contribution in [2.45, 2.75) is 52.1 Å². The standard InChI is InChI=1S/C15H22O2/c1-8(2)15-12-5-10(4)13(16)7-11(12)9(3)6-14(15)17/h5,7-9,14-17H,6H2,1-4H3/t9-,14-,15+/m1/s1. The van der Waals surface area contributed by atoms with Crippen LogP contribution in [0.4, 0.5) is 0 Å². The molecule has 0 saturated heterocycles. The van der Waals surface area contributed by atoms with Gasteiger partial charge in [-0.2, -0.15) is 0 Å². The lowest BCUT2D eigenvalue weighted by molar-refractivity contribution is 0.0976. The molecule has 0 aliphatic heterocycles. The minimum absolute atomic E-state index is 0.195. The third kappa shape index (κ3) is 2.06. The topological polar surface area (TPSA) is 40.5 Å². The van der Waals surface area contributed by atoms with Gasteiger partial charge in [-0.1, -0.05) is 26.8 Å². The van der Waals surface area contributed by atoms with Crippen LogP contribution >= 0.6 is 0 Å². The van der Waals surface area contributed by atoms with Crippen LogP contribution in [0, 0.1) is 12.8 Å². The molecular weight excluding hydrogens is 212 g/mol. The largest absolute Gasteiger partial charge is 0.508 e. The molecule has 2 rings (SSSR count). The lowest BCUT2D eigenvalue weighted by atomic mass is 9.71. The molecule has 1 aromatic carbocycles. The molecule has 0 saturated carbocycles. The summed E-state index contributed by atoms with van der Waals surface area (Å²) in [5, 5.41) is 20.1. The van der Waals surface area contributed by atoms with Crippen LogP contribution in [0.1, 0.15) is 55.7 Å². The lowest BCUT2D eigenvalue weighted by Crippen LogP contribution is -2.30. The quantitative estimate of drug-likeness (QED) is 0.782. The summed E-state index contributed by atoms with van der Waals surface area (Å²) in [6, 6.07) is 3.94. The van der Waals surface area contributed by atoms with E-state index in [9.17, 15) is 10.2 Å². The first-order valence-electron chi connectivity index (χ1n) is 6.43. The van der Waals surface area contributed by atoms with Crippen molar-refractivity contribution in [1.29, 1.82) is 0 Å². The summed E-state index contributed by atoms with van der Waals surface area (Å²) in [6.07, 6.45) is 0.527. The molecule has 1 aromatic rings. The minimum atomic E-state index is -0.263. The molecule has 17 heavy (non-hydrogen) atoms. The maximum atomic E-state index is 10.3. The fourth-order valence-electron chi connectivity index (χ4n) is 3.10. The predicted molar refractivity (Wildman–Crippen MR) is 69.5 cm³/mol. The number of hydrogen-bond acceptors (Lipinski definition) is 2. The van der Waals surface area contributed by atoms with E-state index in [2.05, 4.69) is 20.8 Å². The van der Waals surface area contributed by atoms with Crippen LogP contribution in [0.2, 0.25) is 0 Å². The molecule has 3 atom stereocenters. The fourth-order valence-corrected chi connectivity index (χ4v) is 3.10. The Morgan fingerprint density at radius 1 is 1.24 bits per heavy atom. The van der Waals surface area contributed by atoms with Crippen molar-refractivity contribution < 1.29 is 10.2 Å². The number of aliphatic hydroxyl groups excluding tert-OH is 1. The van der Waals surface area contributed by atoms with Crippen molar-refractivity contribution in [3.63, 3.8) is 0 Å². The first kappa shape index (κ1) is 12.4. The van der Waals surface area contributed by atoms with E-state index in [0.29, 0.717) is 17.6 Å². The predicted octanol–water partition coefficient (Wildman–Crippen LogP) is 3.31. The normalized spacial score (nSPS) is 28.2. The van der Waals surface area contributed by atoms with E-state index in [4.69, 9.17) is 0 Å². The van der Waals surface area contributed by atoms with Crippen LogP contribution in [0.25, 0.3) is 0 Å². The van der Waals surface area contributed by atoms with E-state index in [1.807, 2.05) is 19.1 Å². The Morgan fingerprint density at radius 2 is 1.88 bits per heavy atom. The number of aromatic hydroxyl groups is 1. The molecule has 2 N–H and O–H groups in total. The Bertz CT molecular complexity index is 423. The Kier molecular flexibility index (Phi) is 3.17. The number of aliphatic hydroxyl groups is 1. The van der Waals surface area contributed by atoms with E-state index >= 15 is 0 Å². The Morgan fingerprint density at radius 3 is 2.47 bits per heavy atom. The van der Waals surface area contributed by atoms with Crippen LogP contribution in [0.3, 0.4) is 0 Å². The van der Waals surface area contributed by atoms with Gasteiger partial charge in [0, 0.05) is 5.92 Å². The number of phenolic OH excluding ortho intramolecular Hbond substituents is 1. The molecule has 94 valence electrons. The number of benzene rings is 1. The second-order valence-corrected chi connectivity index (χ2v) is 5.74.